The van der Waals surface area contributed by atoms with Gasteiger partial charge in [-0.2, -0.15) is 0 Å². The Balaban J connectivity index is 1.62. The van der Waals surface area contributed by atoms with Crippen molar-refractivity contribution in [3.8, 4) is 22.6 Å². The third-order valence-electron chi connectivity index (χ3n) is 8.25. The Hall–Kier alpha value is -3.34. The number of carbonyl (C=O) groups is 1. The van der Waals surface area contributed by atoms with Crippen molar-refractivity contribution in [1.82, 2.24) is 0 Å². The van der Waals surface area contributed by atoms with Crippen molar-refractivity contribution in [3.05, 3.63) is 82.7 Å². The van der Waals surface area contributed by atoms with Crippen LogP contribution in [0.2, 0.25) is 0 Å². The van der Waals surface area contributed by atoms with Gasteiger partial charge in [0.05, 0.1) is 12.5 Å². The molecule has 208 valence electrons. The van der Waals surface area contributed by atoms with Gasteiger partial charge in [-0.3, -0.25) is 4.79 Å². The van der Waals surface area contributed by atoms with Crippen LogP contribution in [0.4, 0.5) is 4.39 Å². The smallest absolute Gasteiger partial charge is 0.309 e. The summed E-state index contributed by atoms with van der Waals surface area (Å²) < 4.78 is 26.6. The number of ether oxygens (including phenoxy) is 2. The van der Waals surface area contributed by atoms with Crippen molar-refractivity contribution in [2.24, 2.45) is 10.8 Å². The standard InChI is InChI=1S/C34H41FO4/c1-7-16-33(2,3)20-24-17-22(8-13-27(24)29-18-25(38-6)12-15-31(29)35)21-39-26-11-9-23-10-14-30(28(23)19-26)34(4,5)32(36)37/h8-9,11-13,15,17-19,30H,7,10,14,16,20-21H2,1-6H3,(H,36,37). The van der Waals surface area contributed by atoms with E-state index in [1.54, 1.807) is 33.1 Å². The number of benzene rings is 3. The quantitative estimate of drug-likeness (QED) is 0.269. The number of fused-ring (bicyclic) bond motifs is 1. The molecule has 1 N–H and O–H groups in total. The summed E-state index contributed by atoms with van der Waals surface area (Å²) in [5.41, 5.74) is 4.99. The van der Waals surface area contributed by atoms with E-state index < -0.39 is 11.4 Å². The Morgan fingerprint density at radius 3 is 2.44 bits per heavy atom. The van der Waals surface area contributed by atoms with Crippen LogP contribution in [0.1, 0.15) is 82.1 Å². The fourth-order valence-corrected chi connectivity index (χ4v) is 6.00. The first-order valence-electron chi connectivity index (χ1n) is 13.9. The number of carboxylic acid groups (broad SMARTS) is 1. The van der Waals surface area contributed by atoms with Crippen LogP contribution in [0.5, 0.6) is 11.5 Å². The summed E-state index contributed by atoms with van der Waals surface area (Å²) in [5.74, 6) is 0.262. The number of hydrogen-bond acceptors (Lipinski definition) is 3. The van der Waals surface area contributed by atoms with E-state index in [1.165, 1.54) is 11.6 Å². The maximum atomic E-state index is 15.0. The molecular formula is C34H41FO4. The third-order valence-corrected chi connectivity index (χ3v) is 8.25. The van der Waals surface area contributed by atoms with E-state index in [4.69, 9.17) is 9.47 Å². The summed E-state index contributed by atoms with van der Waals surface area (Å²) in [6, 6.07) is 17.0. The normalized spacial score (nSPS) is 15.2. The molecule has 0 saturated carbocycles. The second-order valence-electron chi connectivity index (χ2n) is 12.2. The molecule has 1 atom stereocenters. The minimum Gasteiger partial charge on any atom is -0.497 e. The monoisotopic (exact) mass is 532 g/mol. The van der Waals surface area contributed by atoms with E-state index in [-0.39, 0.29) is 17.2 Å². The van der Waals surface area contributed by atoms with Gasteiger partial charge in [-0.25, -0.2) is 4.39 Å². The van der Waals surface area contributed by atoms with Crippen LogP contribution in [-0.4, -0.2) is 18.2 Å². The molecule has 39 heavy (non-hydrogen) atoms. The lowest BCUT2D eigenvalue weighted by molar-refractivity contribution is -0.148. The lowest BCUT2D eigenvalue weighted by atomic mass is 9.75. The fourth-order valence-electron chi connectivity index (χ4n) is 6.00. The zero-order valence-corrected chi connectivity index (χ0v) is 24.1. The first-order valence-corrected chi connectivity index (χ1v) is 13.9. The predicted octanol–water partition coefficient (Wildman–Crippen LogP) is 8.59. The highest BCUT2D eigenvalue weighted by atomic mass is 19.1. The van der Waals surface area contributed by atoms with Crippen LogP contribution >= 0.6 is 0 Å². The Morgan fingerprint density at radius 1 is 1.00 bits per heavy atom. The highest BCUT2D eigenvalue weighted by Gasteiger charge is 2.41. The molecule has 1 aliphatic rings. The molecule has 0 spiro atoms. The van der Waals surface area contributed by atoms with Crippen LogP contribution in [0, 0.1) is 16.6 Å². The number of aryl methyl sites for hydroxylation is 1. The van der Waals surface area contributed by atoms with Gasteiger partial charge in [0.25, 0.3) is 0 Å². The van der Waals surface area contributed by atoms with Crippen LogP contribution < -0.4 is 9.47 Å². The summed E-state index contributed by atoms with van der Waals surface area (Å²) in [6.45, 7) is 10.7. The third kappa shape index (κ3) is 6.29. The van der Waals surface area contributed by atoms with Crippen molar-refractivity contribution >= 4 is 5.97 Å². The van der Waals surface area contributed by atoms with Gasteiger partial charge < -0.3 is 14.6 Å². The van der Waals surface area contributed by atoms with Gasteiger partial charge in [-0.05, 0) is 103 Å². The van der Waals surface area contributed by atoms with Gasteiger partial charge in [0, 0.05) is 11.5 Å². The first-order chi connectivity index (χ1) is 18.4. The molecule has 0 aliphatic heterocycles. The second-order valence-corrected chi connectivity index (χ2v) is 12.2. The first kappa shape index (κ1) is 28.7. The maximum Gasteiger partial charge on any atom is 0.309 e. The number of methoxy groups -OCH3 is 1. The lowest BCUT2D eigenvalue weighted by Crippen LogP contribution is -2.30. The van der Waals surface area contributed by atoms with Crippen LogP contribution in [0.3, 0.4) is 0 Å². The van der Waals surface area contributed by atoms with Crippen LogP contribution in [0.25, 0.3) is 11.1 Å². The van der Waals surface area contributed by atoms with E-state index in [0.29, 0.717) is 17.9 Å². The fraction of sp³-hybridized carbons (Fsp3) is 0.441. The molecule has 1 aliphatic carbocycles. The minimum atomic E-state index is -0.838. The molecule has 0 aromatic heterocycles. The molecule has 1 unspecified atom stereocenters. The van der Waals surface area contributed by atoms with Crippen LogP contribution in [0.15, 0.2) is 54.6 Å². The molecule has 0 radical (unpaired) electrons. The summed E-state index contributed by atoms with van der Waals surface area (Å²) in [5, 5.41) is 9.78. The molecule has 4 nitrogen and oxygen atoms in total. The molecular weight excluding hydrogens is 491 g/mol. The largest absolute Gasteiger partial charge is 0.497 e. The summed E-state index contributed by atoms with van der Waals surface area (Å²) >= 11 is 0. The van der Waals surface area contributed by atoms with Crippen molar-refractivity contribution in [2.75, 3.05) is 7.11 Å². The predicted molar refractivity (Wildman–Crippen MR) is 154 cm³/mol. The Labute approximate surface area is 232 Å². The second kappa shape index (κ2) is 11.4. The highest BCUT2D eigenvalue weighted by molar-refractivity contribution is 5.75. The van der Waals surface area contributed by atoms with Gasteiger partial charge in [0.15, 0.2) is 0 Å². The zero-order valence-electron chi connectivity index (χ0n) is 24.1. The molecule has 0 heterocycles. The number of carboxylic acids is 1. The van der Waals surface area contributed by atoms with Gasteiger partial charge in [-0.1, -0.05) is 51.5 Å². The molecule has 3 aromatic carbocycles. The zero-order chi connectivity index (χ0) is 28.4. The summed E-state index contributed by atoms with van der Waals surface area (Å²) in [4.78, 5) is 11.9. The Morgan fingerprint density at radius 2 is 1.74 bits per heavy atom. The molecule has 0 saturated heterocycles. The SMILES string of the molecule is CCCC(C)(C)Cc1cc(COc2ccc3c(c2)C(C(C)(C)C(=O)O)CC3)ccc1-c1cc(OC)ccc1F. The number of rotatable bonds is 11. The molecule has 0 fully saturated rings. The van der Waals surface area contributed by atoms with Gasteiger partial charge in [0.2, 0.25) is 0 Å². The van der Waals surface area contributed by atoms with Crippen molar-refractivity contribution < 1.29 is 23.8 Å². The summed E-state index contributed by atoms with van der Waals surface area (Å²) in [7, 11) is 1.59. The van der Waals surface area contributed by atoms with Gasteiger partial charge >= 0.3 is 5.97 Å². The van der Waals surface area contributed by atoms with Crippen molar-refractivity contribution in [2.45, 2.75) is 79.2 Å². The minimum absolute atomic E-state index is 0.0435. The van der Waals surface area contributed by atoms with E-state index >= 15 is 0 Å². The van der Waals surface area contributed by atoms with Crippen molar-refractivity contribution in [1.29, 1.82) is 0 Å². The molecule has 4 rings (SSSR count). The van der Waals surface area contributed by atoms with Gasteiger partial charge in [-0.15, -0.1) is 0 Å². The average molecular weight is 533 g/mol. The maximum absolute atomic E-state index is 15.0. The average Bonchev–Trinajstić information content (AvgIpc) is 3.32. The lowest BCUT2D eigenvalue weighted by Gasteiger charge is -2.28. The number of aliphatic carboxylic acids is 1. The van der Waals surface area contributed by atoms with E-state index in [9.17, 15) is 14.3 Å². The van der Waals surface area contributed by atoms with E-state index in [0.717, 1.165) is 60.1 Å². The highest BCUT2D eigenvalue weighted by Crippen LogP contribution is 2.46. The van der Waals surface area contributed by atoms with Crippen molar-refractivity contribution in [3.63, 3.8) is 0 Å². The molecule has 0 amide bonds. The Kier molecular flexibility index (Phi) is 8.39. The van der Waals surface area contributed by atoms with E-state index in [1.807, 2.05) is 24.3 Å². The number of hydrogen-bond donors (Lipinski definition) is 1. The molecule has 5 heteroatoms. The van der Waals surface area contributed by atoms with E-state index in [2.05, 4.69) is 32.9 Å². The Bertz CT molecular complexity index is 1340. The molecule has 0 bridgehead atoms. The topological polar surface area (TPSA) is 55.8 Å². The van der Waals surface area contributed by atoms with Gasteiger partial charge in [0.1, 0.15) is 23.9 Å². The van der Waals surface area contributed by atoms with Crippen LogP contribution in [-0.2, 0) is 24.2 Å². The molecule has 3 aromatic rings. The summed E-state index contributed by atoms with van der Waals surface area (Å²) in [6.07, 6.45) is 4.67. The number of halogens is 1.